The lowest BCUT2D eigenvalue weighted by atomic mass is 10.0. The standard InChI is InChI=1S/C19H20ClFN2O3/c1-25-17-11-18(26-2)15(10-14(17)20)22-19(24)23-9-3-4-16(23)12-5-7-13(21)8-6-12/h5-8,10-11,16H,3-4,9H2,1-2H3,(H,22,24)/t16-/m0/s1. The van der Waals surface area contributed by atoms with Crippen LogP contribution in [-0.4, -0.2) is 31.7 Å². The van der Waals surface area contributed by atoms with Crippen LogP contribution in [0.5, 0.6) is 11.5 Å². The first-order chi connectivity index (χ1) is 12.5. The Balaban J connectivity index is 1.81. The lowest BCUT2D eigenvalue weighted by molar-refractivity contribution is 0.207. The van der Waals surface area contributed by atoms with Gasteiger partial charge in [-0.2, -0.15) is 0 Å². The van der Waals surface area contributed by atoms with Gasteiger partial charge in [0, 0.05) is 12.6 Å². The van der Waals surface area contributed by atoms with Gasteiger partial charge in [0.2, 0.25) is 0 Å². The molecule has 138 valence electrons. The molecule has 2 amide bonds. The molecule has 0 spiro atoms. The molecule has 1 heterocycles. The molecular formula is C19H20ClFN2O3. The number of carbonyl (C=O) groups is 1. The summed E-state index contributed by atoms with van der Waals surface area (Å²) in [4.78, 5) is 14.6. The molecule has 1 atom stereocenters. The number of carbonyl (C=O) groups excluding carboxylic acids is 1. The second-order valence-corrected chi connectivity index (χ2v) is 6.43. The summed E-state index contributed by atoms with van der Waals surface area (Å²) in [6.07, 6.45) is 1.72. The molecule has 0 saturated carbocycles. The van der Waals surface area contributed by atoms with Crippen LogP contribution >= 0.6 is 11.6 Å². The summed E-state index contributed by atoms with van der Waals surface area (Å²) in [5, 5.41) is 3.23. The molecule has 1 saturated heterocycles. The first-order valence-corrected chi connectivity index (χ1v) is 8.66. The van der Waals surface area contributed by atoms with E-state index < -0.39 is 0 Å². The Kier molecular flexibility index (Phi) is 5.52. The molecule has 2 aromatic rings. The maximum absolute atomic E-state index is 13.2. The van der Waals surface area contributed by atoms with Crippen LogP contribution < -0.4 is 14.8 Å². The van der Waals surface area contributed by atoms with E-state index in [9.17, 15) is 9.18 Å². The summed E-state index contributed by atoms with van der Waals surface area (Å²) in [5.74, 6) is 0.629. The molecule has 1 fully saturated rings. The third-order valence-electron chi connectivity index (χ3n) is 4.48. The predicted molar refractivity (Wildman–Crippen MR) is 98.7 cm³/mol. The van der Waals surface area contributed by atoms with Gasteiger partial charge in [0.15, 0.2) is 0 Å². The number of likely N-dealkylation sites (tertiary alicyclic amines) is 1. The van der Waals surface area contributed by atoms with E-state index in [1.54, 1.807) is 29.2 Å². The maximum atomic E-state index is 13.2. The van der Waals surface area contributed by atoms with E-state index in [-0.39, 0.29) is 17.9 Å². The molecular weight excluding hydrogens is 359 g/mol. The predicted octanol–water partition coefficient (Wildman–Crippen LogP) is 4.87. The molecule has 7 heteroatoms. The van der Waals surface area contributed by atoms with Gasteiger partial charge in [-0.3, -0.25) is 0 Å². The van der Waals surface area contributed by atoms with Crippen molar-refractivity contribution in [3.8, 4) is 11.5 Å². The number of nitrogens with one attached hydrogen (secondary N) is 1. The molecule has 2 aromatic carbocycles. The Labute approximate surface area is 156 Å². The molecule has 26 heavy (non-hydrogen) atoms. The monoisotopic (exact) mass is 378 g/mol. The molecule has 0 bridgehead atoms. The lowest BCUT2D eigenvalue weighted by Gasteiger charge is -2.26. The SMILES string of the molecule is COc1cc(OC)c(NC(=O)N2CCC[C@H]2c2ccc(F)cc2)cc1Cl. The van der Waals surface area contributed by atoms with E-state index in [1.807, 2.05) is 0 Å². The summed E-state index contributed by atoms with van der Waals surface area (Å²) >= 11 is 6.16. The second kappa shape index (κ2) is 7.83. The van der Waals surface area contributed by atoms with Crippen LogP contribution in [0.4, 0.5) is 14.9 Å². The highest BCUT2D eigenvalue weighted by Gasteiger charge is 2.30. The molecule has 3 rings (SSSR count). The van der Waals surface area contributed by atoms with Crippen LogP contribution in [0, 0.1) is 5.82 Å². The Morgan fingerprint density at radius 2 is 1.88 bits per heavy atom. The number of amides is 2. The lowest BCUT2D eigenvalue weighted by Crippen LogP contribution is -2.34. The molecule has 5 nitrogen and oxygen atoms in total. The van der Waals surface area contributed by atoms with Gasteiger partial charge in [-0.25, -0.2) is 9.18 Å². The number of ether oxygens (including phenoxy) is 2. The van der Waals surface area contributed by atoms with Gasteiger partial charge >= 0.3 is 6.03 Å². The van der Waals surface area contributed by atoms with Gasteiger partial charge in [0.1, 0.15) is 17.3 Å². The average molecular weight is 379 g/mol. The first-order valence-electron chi connectivity index (χ1n) is 8.28. The van der Waals surface area contributed by atoms with Crippen LogP contribution in [0.2, 0.25) is 5.02 Å². The number of hydrogen-bond acceptors (Lipinski definition) is 3. The van der Waals surface area contributed by atoms with E-state index >= 15 is 0 Å². The molecule has 1 aliphatic heterocycles. The Morgan fingerprint density at radius 3 is 2.54 bits per heavy atom. The highest BCUT2D eigenvalue weighted by Crippen LogP contribution is 2.37. The first kappa shape index (κ1) is 18.3. The molecule has 0 aliphatic carbocycles. The van der Waals surface area contributed by atoms with Crippen molar-refractivity contribution in [3.63, 3.8) is 0 Å². The van der Waals surface area contributed by atoms with Gasteiger partial charge in [-0.15, -0.1) is 0 Å². The third kappa shape index (κ3) is 3.70. The van der Waals surface area contributed by atoms with Crippen LogP contribution in [0.3, 0.4) is 0 Å². The molecule has 1 N–H and O–H groups in total. The minimum Gasteiger partial charge on any atom is -0.495 e. The van der Waals surface area contributed by atoms with Crippen molar-refractivity contribution >= 4 is 23.3 Å². The Bertz CT molecular complexity index is 798. The smallest absolute Gasteiger partial charge is 0.322 e. The van der Waals surface area contributed by atoms with E-state index in [2.05, 4.69) is 5.32 Å². The van der Waals surface area contributed by atoms with Crippen molar-refractivity contribution in [1.82, 2.24) is 4.90 Å². The highest BCUT2D eigenvalue weighted by molar-refractivity contribution is 6.32. The molecule has 1 aliphatic rings. The summed E-state index contributed by atoms with van der Waals surface area (Å²) in [6.45, 7) is 0.625. The minimum atomic E-state index is -0.291. The molecule has 0 unspecified atom stereocenters. The number of rotatable bonds is 4. The zero-order chi connectivity index (χ0) is 18.7. The number of benzene rings is 2. The van der Waals surface area contributed by atoms with Gasteiger partial charge in [-0.05, 0) is 36.6 Å². The zero-order valence-corrected chi connectivity index (χ0v) is 15.3. The number of halogens is 2. The molecule has 0 radical (unpaired) electrons. The van der Waals surface area contributed by atoms with Crippen LogP contribution in [-0.2, 0) is 0 Å². The van der Waals surface area contributed by atoms with E-state index in [0.29, 0.717) is 28.8 Å². The van der Waals surface area contributed by atoms with Crippen molar-refractivity contribution in [2.45, 2.75) is 18.9 Å². The van der Waals surface area contributed by atoms with Crippen LogP contribution in [0.1, 0.15) is 24.4 Å². The second-order valence-electron chi connectivity index (χ2n) is 6.02. The van der Waals surface area contributed by atoms with Crippen molar-refractivity contribution in [3.05, 3.63) is 52.8 Å². The fraction of sp³-hybridized carbons (Fsp3) is 0.316. The van der Waals surface area contributed by atoms with E-state index in [4.69, 9.17) is 21.1 Å². The number of nitrogens with zero attached hydrogens (tertiary/aromatic N) is 1. The zero-order valence-electron chi connectivity index (χ0n) is 14.6. The van der Waals surface area contributed by atoms with E-state index in [0.717, 1.165) is 18.4 Å². The van der Waals surface area contributed by atoms with Gasteiger partial charge in [-0.1, -0.05) is 23.7 Å². The number of anilines is 1. The summed E-state index contributed by atoms with van der Waals surface area (Å²) < 4.78 is 23.7. The number of urea groups is 1. The number of hydrogen-bond donors (Lipinski definition) is 1. The van der Waals surface area contributed by atoms with Crippen molar-refractivity contribution in [1.29, 1.82) is 0 Å². The highest BCUT2D eigenvalue weighted by atomic mass is 35.5. The summed E-state index contributed by atoms with van der Waals surface area (Å²) in [5.41, 5.74) is 1.38. The van der Waals surface area contributed by atoms with Gasteiger partial charge < -0.3 is 19.7 Å². The van der Waals surface area contributed by atoms with Crippen molar-refractivity contribution < 1.29 is 18.7 Å². The van der Waals surface area contributed by atoms with Gasteiger partial charge in [0.05, 0.1) is 31.0 Å². The third-order valence-corrected chi connectivity index (χ3v) is 4.78. The fourth-order valence-electron chi connectivity index (χ4n) is 3.19. The number of methoxy groups -OCH3 is 2. The van der Waals surface area contributed by atoms with Crippen LogP contribution in [0.25, 0.3) is 0 Å². The largest absolute Gasteiger partial charge is 0.495 e. The quantitative estimate of drug-likeness (QED) is 0.826. The maximum Gasteiger partial charge on any atom is 0.322 e. The van der Waals surface area contributed by atoms with Gasteiger partial charge in [0.25, 0.3) is 0 Å². The van der Waals surface area contributed by atoms with Crippen molar-refractivity contribution in [2.75, 3.05) is 26.1 Å². The minimum absolute atomic E-state index is 0.0877. The molecule has 0 aromatic heterocycles. The Hall–Kier alpha value is -2.47. The average Bonchev–Trinajstić information content (AvgIpc) is 3.12. The summed E-state index contributed by atoms with van der Waals surface area (Å²) in [6, 6.07) is 9.14. The fourth-order valence-corrected chi connectivity index (χ4v) is 3.43. The normalized spacial score (nSPS) is 16.5. The van der Waals surface area contributed by atoms with Crippen molar-refractivity contribution in [2.24, 2.45) is 0 Å². The topological polar surface area (TPSA) is 50.8 Å². The Morgan fingerprint density at radius 1 is 1.19 bits per heavy atom. The van der Waals surface area contributed by atoms with E-state index in [1.165, 1.54) is 26.4 Å². The summed E-state index contributed by atoms with van der Waals surface area (Å²) in [7, 11) is 3.02. The van der Waals surface area contributed by atoms with Crippen LogP contribution in [0.15, 0.2) is 36.4 Å².